The first-order valence-electron chi connectivity index (χ1n) is 4.13. The van der Waals surface area contributed by atoms with E-state index < -0.39 is 0 Å². The number of nitriles is 1. The van der Waals surface area contributed by atoms with Crippen LogP contribution < -0.4 is 0 Å². The van der Waals surface area contributed by atoms with Gasteiger partial charge in [-0.25, -0.2) is 0 Å². The minimum absolute atomic E-state index is 0.330. The monoisotopic (exact) mass is 155 g/mol. The molecule has 0 bridgehead atoms. The number of rotatable bonds is 4. The lowest BCUT2D eigenvalue weighted by molar-refractivity contribution is 0.140. The Morgan fingerprint density at radius 2 is 2.18 bits per heavy atom. The summed E-state index contributed by atoms with van der Waals surface area (Å²) in [4.78, 5) is 0. The first kappa shape index (κ1) is 10.4. The van der Waals surface area contributed by atoms with Crippen molar-refractivity contribution < 1.29 is 5.11 Å². The fourth-order valence-electron chi connectivity index (χ4n) is 1.41. The van der Waals surface area contributed by atoms with E-state index in [1.807, 2.05) is 6.92 Å². The molecule has 0 aromatic rings. The van der Waals surface area contributed by atoms with Crippen molar-refractivity contribution in [3.05, 3.63) is 0 Å². The van der Waals surface area contributed by atoms with E-state index >= 15 is 0 Å². The van der Waals surface area contributed by atoms with Crippen LogP contribution >= 0.6 is 0 Å². The van der Waals surface area contributed by atoms with Crippen molar-refractivity contribution in [1.29, 1.82) is 5.26 Å². The summed E-state index contributed by atoms with van der Waals surface area (Å²) >= 11 is 0. The molecule has 11 heavy (non-hydrogen) atoms. The summed E-state index contributed by atoms with van der Waals surface area (Å²) < 4.78 is 0. The summed E-state index contributed by atoms with van der Waals surface area (Å²) in [5.74, 6) is 0. The van der Waals surface area contributed by atoms with Gasteiger partial charge in [0.2, 0.25) is 0 Å². The summed E-state index contributed by atoms with van der Waals surface area (Å²) in [6.07, 6.45) is 2.08. The summed E-state index contributed by atoms with van der Waals surface area (Å²) in [6.45, 7) is 5.69. The maximum Gasteiger partial charge on any atom is 0.0687 e. The zero-order chi connectivity index (χ0) is 8.91. The van der Waals surface area contributed by atoms with E-state index in [0.29, 0.717) is 6.42 Å². The highest BCUT2D eigenvalue weighted by Gasteiger charge is 2.24. The van der Waals surface area contributed by atoms with Gasteiger partial charge in [0.25, 0.3) is 0 Å². The molecule has 0 rings (SSSR count). The van der Waals surface area contributed by atoms with Crippen molar-refractivity contribution in [2.75, 3.05) is 0 Å². The summed E-state index contributed by atoms with van der Waals surface area (Å²) in [7, 11) is 0. The SMILES string of the molecule is CCC[C@@](C)(C#N)C[C@@H](C)O. The van der Waals surface area contributed by atoms with Gasteiger partial charge in [0.05, 0.1) is 17.6 Å². The van der Waals surface area contributed by atoms with E-state index in [9.17, 15) is 0 Å². The van der Waals surface area contributed by atoms with Crippen LogP contribution in [0.25, 0.3) is 0 Å². The van der Waals surface area contributed by atoms with Gasteiger partial charge in [-0.3, -0.25) is 0 Å². The number of hydrogen-bond acceptors (Lipinski definition) is 2. The summed E-state index contributed by atoms with van der Waals surface area (Å²) in [6, 6.07) is 2.25. The number of aliphatic hydroxyl groups excluding tert-OH is 1. The zero-order valence-corrected chi connectivity index (χ0v) is 7.59. The highest BCUT2D eigenvalue weighted by atomic mass is 16.3. The molecule has 0 radical (unpaired) electrons. The normalized spacial score (nSPS) is 18.5. The summed E-state index contributed by atoms with van der Waals surface area (Å²) in [5.41, 5.74) is -0.330. The molecule has 2 nitrogen and oxygen atoms in total. The van der Waals surface area contributed by atoms with Crippen LogP contribution in [0.4, 0.5) is 0 Å². The summed E-state index contributed by atoms with van der Waals surface area (Å²) in [5, 5.41) is 17.9. The average molecular weight is 155 g/mol. The Bertz CT molecular complexity index is 148. The molecule has 0 heterocycles. The van der Waals surface area contributed by atoms with Gasteiger partial charge in [0.15, 0.2) is 0 Å². The molecule has 0 saturated heterocycles. The van der Waals surface area contributed by atoms with Crippen LogP contribution in [0.5, 0.6) is 0 Å². The van der Waals surface area contributed by atoms with E-state index in [2.05, 4.69) is 13.0 Å². The van der Waals surface area contributed by atoms with Crippen molar-refractivity contribution in [1.82, 2.24) is 0 Å². The molecule has 2 atom stereocenters. The average Bonchev–Trinajstić information content (AvgIpc) is 1.87. The topological polar surface area (TPSA) is 44.0 Å². The molecular formula is C9H17NO. The molecule has 2 heteroatoms. The fourth-order valence-corrected chi connectivity index (χ4v) is 1.41. The van der Waals surface area contributed by atoms with Gasteiger partial charge >= 0.3 is 0 Å². The van der Waals surface area contributed by atoms with Crippen LogP contribution in [-0.2, 0) is 0 Å². The molecule has 0 aliphatic carbocycles. The Morgan fingerprint density at radius 3 is 2.45 bits per heavy atom. The van der Waals surface area contributed by atoms with Gasteiger partial charge < -0.3 is 5.11 Å². The van der Waals surface area contributed by atoms with Crippen LogP contribution in [0.2, 0.25) is 0 Å². The van der Waals surface area contributed by atoms with Gasteiger partial charge in [-0.2, -0.15) is 5.26 Å². The van der Waals surface area contributed by atoms with Crippen LogP contribution in [0.1, 0.15) is 40.0 Å². The molecule has 0 amide bonds. The smallest absolute Gasteiger partial charge is 0.0687 e. The van der Waals surface area contributed by atoms with E-state index in [-0.39, 0.29) is 11.5 Å². The highest BCUT2D eigenvalue weighted by molar-refractivity contribution is 4.95. The van der Waals surface area contributed by atoms with Gasteiger partial charge in [-0.15, -0.1) is 0 Å². The molecule has 0 aliphatic rings. The molecule has 0 spiro atoms. The third-order valence-corrected chi connectivity index (χ3v) is 1.82. The lowest BCUT2D eigenvalue weighted by Crippen LogP contribution is -2.19. The third kappa shape index (κ3) is 4.00. The molecule has 0 aromatic heterocycles. The lowest BCUT2D eigenvalue weighted by atomic mass is 9.82. The third-order valence-electron chi connectivity index (χ3n) is 1.82. The van der Waals surface area contributed by atoms with Gasteiger partial charge in [0.1, 0.15) is 0 Å². The first-order valence-corrected chi connectivity index (χ1v) is 4.13. The van der Waals surface area contributed by atoms with Crippen molar-refractivity contribution in [2.45, 2.75) is 46.1 Å². The van der Waals surface area contributed by atoms with Crippen molar-refractivity contribution in [3.8, 4) is 6.07 Å². The molecule has 1 N–H and O–H groups in total. The maximum atomic E-state index is 9.09. The molecule has 64 valence electrons. The molecule has 0 fully saturated rings. The highest BCUT2D eigenvalue weighted by Crippen LogP contribution is 2.27. The van der Waals surface area contributed by atoms with E-state index in [0.717, 1.165) is 12.8 Å². The molecule has 0 aromatic carbocycles. The molecule has 0 unspecified atom stereocenters. The second-order valence-corrected chi connectivity index (χ2v) is 3.48. The fraction of sp³-hybridized carbons (Fsp3) is 0.889. The molecule has 0 saturated carbocycles. The van der Waals surface area contributed by atoms with Crippen molar-refractivity contribution >= 4 is 0 Å². The zero-order valence-electron chi connectivity index (χ0n) is 7.59. The Balaban J connectivity index is 4.02. The van der Waals surface area contributed by atoms with Crippen molar-refractivity contribution in [3.63, 3.8) is 0 Å². The number of hydrogen-bond donors (Lipinski definition) is 1. The van der Waals surface area contributed by atoms with Crippen LogP contribution in [0.3, 0.4) is 0 Å². The Labute approximate surface area is 68.8 Å². The maximum absolute atomic E-state index is 9.09. The van der Waals surface area contributed by atoms with E-state index in [4.69, 9.17) is 10.4 Å². The van der Waals surface area contributed by atoms with Crippen LogP contribution in [0.15, 0.2) is 0 Å². The molecule has 0 aliphatic heterocycles. The predicted molar refractivity (Wildman–Crippen MR) is 44.9 cm³/mol. The minimum Gasteiger partial charge on any atom is -0.393 e. The Kier molecular flexibility index (Phi) is 4.14. The van der Waals surface area contributed by atoms with Gasteiger partial charge in [-0.05, 0) is 26.7 Å². The Morgan fingerprint density at radius 1 is 1.64 bits per heavy atom. The van der Waals surface area contributed by atoms with Crippen LogP contribution in [-0.4, -0.2) is 11.2 Å². The predicted octanol–water partition coefficient (Wildman–Crippen LogP) is 2.09. The van der Waals surface area contributed by atoms with E-state index in [1.54, 1.807) is 6.92 Å². The number of aliphatic hydroxyl groups is 1. The second-order valence-electron chi connectivity index (χ2n) is 3.48. The minimum atomic E-state index is -0.369. The standard InChI is InChI=1S/C9H17NO/c1-4-5-9(3,7-10)6-8(2)11/h8,11H,4-6H2,1-3H3/t8-,9-/m1/s1. The van der Waals surface area contributed by atoms with Gasteiger partial charge in [0, 0.05) is 0 Å². The van der Waals surface area contributed by atoms with Crippen LogP contribution in [0, 0.1) is 16.7 Å². The quantitative estimate of drug-likeness (QED) is 0.675. The first-order chi connectivity index (χ1) is 5.04. The van der Waals surface area contributed by atoms with E-state index in [1.165, 1.54) is 0 Å². The largest absolute Gasteiger partial charge is 0.393 e. The van der Waals surface area contributed by atoms with Crippen molar-refractivity contribution in [2.24, 2.45) is 5.41 Å². The molecular weight excluding hydrogens is 138 g/mol. The lowest BCUT2D eigenvalue weighted by Gasteiger charge is -2.21. The number of nitrogens with zero attached hydrogens (tertiary/aromatic N) is 1. The van der Waals surface area contributed by atoms with Gasteiger partial charge in [-0.1, -0.05) is 13.3 Å². The second kappa shape index (κ2) is 4.35. The Hall–Kier alpha value is -0.550.